The summed E-state index contributed by atoms with van der Waals surface area (Å²) in [5, 5.41) is 4.13. The van der Waals surface area contributed by atoms with Crippen LogP contribution in [0, 0.1) is 5.92 Å². The van der Waals surface area contributed by atoms with Crippen molar-refractivity contribution in [3.8, 4) is 0 Å². The summed E-state index contributed by atoms with van der Waals surface area (Å²) in [6.07, 6.45) is 7.02. The second kappa shape index (κ2) is 5.53. The lowest BCUT2D eigenvalue weighted by Gasteiger charge is -2.19. The Hall–Kier alpha value is -2.03. The summed E-state index contributed by atoms with van der Waals surface area (Å²) >= 11 is 0. The summed E-state index contributed by atoms with van der Waals surface area (Å²) in [4.78, 5) is 12.2. The molecule has 2 aromatic rings. The molecular weight excluding hydrogens is 250 g/mol. The maximum Gasteiger partial charge on any atom is 0.224 e. The van der Waals surface area contributed by atoms with Gasteiger partial charge < -0.3 is 9.73 Å². The van der Waals surface area contributed by atoms with E-state index in [0.29, 0.717) is 0 Å². The zero-order valence-electron chi connectivity index (χ0n) is 11.6. The zero-order valence-corrected chi connectivity index (χ0v) is 11.6. The number of furan rings is 1. The van der Waals surface area contributed by atoms with Crippen molar-refractivity contribution in [3.05, 3.63) is 48.2 Å². The number of fused-ring (bicyclic) bond motifs is 1. The van der Waals surface area contributed by atoms with Gasteiger partial charge in [0, 0.05) is 11.3 Å². The molecule has 3 heteroatoms. The van der Waals surface area contributed by atoms with Gasteiger partial charge in [-0.25, -0.2) is 0 Å². The van der Waals surface area contributed by atoms with Crippen LogP contribution in [0.4, 0.5) is 0 Å². The molecule has 1 aromatic heterocycles. The van der Waals surface area contributed by atoms with Gasteiger partial charge in [0.1, 0.15) is 11.3 Å². The molecule has 2 atom stereocenters. The van der Waals surface area contributed by atoms with E-state index < -0.39 is 0 Å². The minimum atomic E-state index is -0.0965. The normalized spacial score (nSPS) is 19.9. The number of carbonyl (C=O) groups excluding carboxylic acids is 1. The van der Waals surface area contributed by atoms with E-state index in [0.717, 1.165) is 36.0 Å². The van der Waals surface area contributed by atoms with Crippen LogP contribution in [0.1, 0.15) is 38.0 Å². The molecule has 1 amide bonds. The molecule has 1 aromatic carbocycles. The maximum absolute atomic E-state index is 12.2. The van der Waals surface area contributed by atoms with E-state index in [9.17, 15) is 4.79 Å². The second-order valence-electron chi connectivity index (χ2n) is 5.40. The van der Waals surface area contributed by atoms with Gasteiger partial charge in [-0.15, -0.1) is 0 Å². The number of carbonyl (C=O) groups is 1. The van der Waals surface area contributed by atoms with E-state index in [4.69, 9.17) is 4.42 Å². The van der Waals surface area contributed by atoms with Crippen molar-refractivity contribution in [1.29, 1.82) is 0 Å². The number of hydrogen-bond donors (Lipinski definition) is 1. The third-order valence-electron chi connectivity index (χ3n) is 3.87. The Balaban J connectivity index is 1.70. The van der Waals surface area contributed by atoms with Crippen molar-refractivity contribution in [2.75, 3.05) is 0 Å². The largest absolute Gasteiger partial charge is 0.459 e. The van der Waals surface area contributed by atoms with Gasteiger partial charge in [-0.2, -0.15) is 0 Å². The lowest BCUT2D eigenvalue weighted by molar-refractivity contribution is -0.126. The quantitative estimate of drug-likeness (QED) is 0.857. The highest BCUT2D eigenvalue weighted by molar-refractivity contribution is 5.80. The van der Waals surface area contributed by atoms with E-state index in [1.54, 1.807) is 0 Å². The molecule has 20 heavy (non-hydrogen) atoms. The molecule has 0 radical (unpaired) electrons. The highest BCUT2D eigenvalue weighted by Gasteiger charge is 2.21. The number of hydrogen-bond acceptors (Lipinski definition) is 2. The fourth-order valence-electron chi connectivity index (χ4n) is 2.65. The first-order chi connectivity index (χ1) is 9.74. The molecule has 0 aliphatic heterocycles. The van der Waals surface area contributed by atoms with Gasteiger partial charge in [0.2, 0.25) is 5.91 Å². The molecule has 1 heterocycles. The van der Waals surface area contributed by atoms with Crippen molar-refractivity contribution in [1.82, 2.24) is 5.32 Å². The topological polar surface area (TPSA) is 42.2 Å². The van der Waals surface area contributed by atoms with Gasteiger partial charge in [0.25, 0.3) is 0 Å². The van der Waals surface area contributed by atoms with Gasteiger partial charge in [-0.05, 0) is 38.3 Å². The lowest BCUT2D eigenvalue weighted by Crippen LogP contribution is -2.33. The first-order valence-electron chi connectivity index (χ1n) is 7.18. The fraction of sp³-hybridized carbons (Fsp3) is 0.353. The number of para-hydroxylation sites is 1. The summed E-state index contributed by atoms with van der Waals surface area (Å²) < 4.78 is 5.79. The monoisotopic (exact) mass is 269 g/mol. The SMILES string of the molecule is C[C@H](NC(=O)[C@H]1CC=CCC1)c1cc2ccccc2o1. The first kappa shape index (κ1) is 13.0. The van der Waals surface area contributed by atoms with Crippen LogP contribution in [0.3, 0.4) is 0 Å². The van der Waals surface area contributed by atoms with E-state index in [1.807, 2.05) is 37.3 Å². The molecule has 104 valence electrons. The molecule has 0 unspecified atom stereocenters. The van der Waals surface area contributed by atoms with Crippen LogP contribution in [0.2, 0.25) is 0 Å². The average Bonchev–Trinajstić information content (AvgIpc) is 2.92. The molecule has 0 saturated carbocycles. The standard InChI is InChI=1S/C17H19NO2/c1-12(18-17(19)13-7-3-2-4-8-13)16-11-14-9-5-6-10-15(14)20-16/h2-3,5-6,9-13H,4,7-8H2,1H3,(H,18,19)/t12-,13-/m0/s1. The Kier molecular flexibility index (Phi) is 3.59. The predicted octanol–water partition coefficient (Wildman–Crippen LogP) is 3.97. The molecule has 3 nitrogen and oxygen atoms in total. The maximum atomic E-state index is 12.2. The molecule has 3 rings (SSSR count). The lowest BCUT2D eigenvalue weighted by atomic mass is 9.93. The Morgan fingerprint density at radius 2 is 2.20 bits per heavy atom. The number of allylic oxidation sites excluding steroid dienone is 2. The van der Waals surface area contributed by atoms with Gasteiger partial charge in [-0.3, -0.25) is 4.79 Å². The number of nitrogens with one attached hydrogen (secondary N) is 1. The number of benzene rings is 1. The Morgan fingerprint density at radius 3 is 2.95 bits per heavy atom. The number of rotatable bonds is 3. The smallest absolute Gasteiger partial charge is 0.224 e. The summed E-state index contributed by atoms with van der Waals surface area (Å²) in [5.74, 6) is 1.04. The molecule has 1 aliphatic carbocycles. The Labute approximate surface area is 118 Å². The summed E-state index contributed by atoms with van der Waals surface area (Å²) in [6, 6.07) is 9.80. The van der Waals surface area contributed by atoms with E-state index >= 15 is 0 Å². The Morgan fingerprint density at radius 1 is 1.35 bits per heavy atom. The minimum absolute atomic E-state index is 0.0965. The summed E-state index contributed by atoms with van der Waals surface area (Å²) in [5.41, 5.74) is 0.865. The molecule has 0 spiro atoms. The van der Waals surface area contributed by atoms with E-state index in [1.165, 1.54) is 0 Å². The van der Waals surface area contributed by atoms with Gasteiger partial charge in [0.05, 0.1) is 6.04 Å². The summed E-state index contributed by atoms with van der Waals surface area (Å²) in [6.45, 7) is 1.97. The average molecular weight is 269 g/mol. The van der Waals surface area contributed by atoms with Gasteiger partial charge in [0.15, 0.2) is 0 Å². The third-order valence-corrected chi connectivity index (χ3v) is 3.87. The van der Waals surface area contributed by atoms with E-state index in [2.05, 4.69) is 17.5 Å². The van der Waals surface area contributed by atoms with Crippen molar-refractivity contribution < 1.29 is 9.21 Å². The predicted molar refractivity (Wildman–Crippen MR) is 79.3 cm³/mol. The van der Waals surface area contributed by atoms with Crippen molar-refractivity contribution in [2.24, 2.45) is 5.92 Å². The molecule has 1 aliphatic rings. The van der Waals surface area contributed by atoms with Crippen molar-refractivity contribution in [3.63, 3.8) is 0 Å². The fourth-order valence-corrected chi connectivity index (χ4v) is 2.65. The van der Waals surface area contributed by atoms with Crippen LogP contribution in [0.25, 0.3) is 11.0 Å². The van der Waals surface area contributed by atoms with Crippen LogP contribution in [0.5, 0.6) is 0 Å². The molecule has 0 saturated heterocycles. The molecular formula is C17H19NO2. The first-order valence-corrected chi connectivity index (χ1v) is 7.18. The second-order valence-corrected chi connectivity index (χ2v) is 5.40. The Bertz CT molecular complexity index is 608. The highest BCUT2D eigenvalue weighted by atomic mass is 16.3. The molecule has 0 fully saturated rings. The highest BCUT2D eigenvalue weighted by Crippen LogP contribution is 2.25. The van der Waals surface area contributed by atoms with Gasteiger partial charge in [-0.1, -0.05) is 30.4 Å². The minimum Gasteiger partial charge on any atom is -0.459 e. The zero-order chi connectivity index (χ0) is 13.9. The summed E-state index contributed by atoms with van der Waals surface area (Å²) in [7, 11) is 0. The van der Waals surface area contributed by atoms with Crippen LogP contribution in [-0.2, 0) is 4.79 Å². The van der Waals surface area contributed by atoms with Crippen molar-refractivity contribution in [2.45, 2.75) is 32.2 Å². The number of amides is 1. The van der Waals surface area contributed by atoms with Crippen molar-refractivity contribution >= 4 is 16.9 Å². The van der Waals surface area contributed by atoms with Crippen LogP contribution >= 0.6 is 0 Å². The van der Waals surface area contributed by atoms with Crippen LogP contribution < -0.4 is 5.32 Å². The molecule has 1 N–H and O–H groups in total. The van der Waals surface area contributed by atoms with Crippen LogP contribution in [-0.4, -0.2) is 5.91 Å². The molecule has 0 bridgehead atoms. The van der Waals surface area contributed by atoms with Crippen LogP contribution in [0.15, 0.2) is 46.9 Å². The van der Waals surface area contributed by atoms with Gasteiger partial charge >= 0.3 is 0 Å². The third kappa shape index (κ3) is 2.62. The van der Waals surface area contributed by atoms with E-state index in [-0.39, 0.29) is 17.9 Å².